The first-order valence-electron chi connectivity index (χ1n) is 9.83. The zero-order valence-electron chi connectivity index (χ0n) is 15.4. The monoisotopic (exact) mass is 332 g/mol. The minimum absolute atomic E-state index is 0.390. The Balaban J connectivity index is 1.57. The first kappa shape index (κ1) is 15.5. The lowest BCUT2D eigenvalue weighted by Crippen LogP contribution is -2.55. The van der Waals surface area contributed by atoms with Crippen LogP contribution in [0.5, 0.6) is 5.75 Å². The molecule has 4 bridgehead atoms. The standard InChI is InChI=1S/C24H28O/c1-17-3-5-20(6-4-17)23-12-18-11-19(13-23)15-24(14-18,16-23)21-7-9-22(25-2)10-8-21/h3-10,18-19H,11-16H2,1-2H3. The first-order valence-corrected chi connectivity index (χ1v) is 9.83. The number of hydrogen-bond acceptors (Lipinski definition) is 1. The molecule has 25 heavy (non-hydrogen) atoms. The topological polar surface area (TPSA) is 9.23 Å². The molecule has 0 saturated heterocycles. The second kappa shape index (κ2) is 5.37. The third-order valence-electron chi connectivity index (χ3n) is 7.43. The fraction of sp³-hybridized carbons (Fsp3) is 0.500. The SMILES string of the molecule is COc1ccc(C23CC4CC(CC(c5ccc(C)cc5)(C4)C2)C3)cc1. The lowest BCUT2D eigenvalue weighted by Gasteiger charge is -2.62. The van der Waals surface area contributed by atoms with Crippen LogP contribution in [0.25, 0.3) is 0 Å². The molecule has 4 fully saturated rings. The van der Waals surface area contributed by atoms with E-state index in [0.29, 0.717) is 10.8 Å². The Kier molecular flexibility index (Phi) is 3.33. The molecule has 6 rings (SSSR count). The second-order valence-corrected chi connectivity index (χ2v) is 9.12. The molecule has 0 N–H and O–H groups in total. The predicted molar refractivity (Wildman–Crippen MR) is 102 cm³/mol. The number of rotatable bonds is 3. The predicted octanol–water partition coefficient (Wildman–Crippen LogP) is 5.79. The third-order valence-corrected chi connectivity index (χ3v) is 7.43. The number of ether oxygens (including phenoxy) is 1. The fourth-order valence-corrected chi connectivity index (χ4v) is 6.79. The summed E-state index contributed by atoms with van der Waals surface area (Å²) in [6, 6.07) is 18.5. The van der Waals surface area contributed by atoms with Gasteiger partial charge in [-0.05, 0) is 91.4 Å². The zero-order valence-corrected chi connectivity index (χ0v) is 15.4. The molecule has 0 amide bonds. The van der Waals surface area contributed by atoms with Crippen LogP contribution in [0.2, 0.25) is 0 Å². The van der Waals surface area contributed by atoms with E-state index in [1.54, 1.807) is 18.2 Å². The zero-order chi connectivity index (χ0) is 17.1. The second-order valence-electron chi connectivity index (χ2n) is 9.12. The van der Waals surface area contributed by atoms with Crippen molar-refractivity contribution in [2.45, 2.75) is 56.3 Å². The quantitative estimate of drug-likeness (QED) is 0.691. The largest absolute Gasteiger partial charge is 0.497 e. The molecule has 4 aliphatic rings. The van der Waals surface area contributed by atoms with Gasteiger partial charge in [0.15, 0.2) is 0 Å². The van der Waals surface area contributed by atoms with Gasteiger partial charge >= 0.3 is 0 Å². The van der Waals surface area contributed by atoms with E-state index in [0.717, 1.165) is 17.6 Å². The van der Waals surface area contributed by atoms with Gasteiger partial charge in [-0.1, -0.05) is 42.0 Å². The highest BCUT2D eigenvalue weighted by atomic mass is 16.5. The summed E-state index contributed by atoms with van der Waals surface area (Å²) >= 11 is 0. The molecule has 0 aliphatic heterocycles. The van der Waals surface area contributed by atoms with Gasteiger partial charge in [0, 0.05) is 0 Å². The molecule has 130 valence electrons. The van der Waals surface area contributed by atoms with Crippen molar-refractivity contribution in [1.82, 2.24) is 0 Å². The number of aryl methyl sites for hydroxylation is 1. The van der Waals surface area contributed by atoms with Gasteiger partial charge in [-0.3, -0.25) is 0 Å². The first-order chi connectivity index (χ1) is 12.1. The Morgan fingerprint density at radius 3 is 1.72 bits per heavy atom. The van der Waals surface area contributed by atoms with E-state index in [9.17, 15) is 0 Å². The van der Waals surface area contributed by atoms with Crippen molar-refractivity contribution in [3.05, 3.63) is 65.2 Å². The molecule has 2 atom stereocenters. The molecule has 4 saturated carbocycles. The highest BCUT2D eigenvalue weighted by molar-refractivity contribution is 5.40. The Hall–Kier alpha value is -1.76. The smallest absolute Gasteiger partial charge is 0.118 e. The van der Waals surface area contributed by atoms with Gasteiger partial charge in [-0.2, -0.15) is 0 Å². The lowest BCUT2D eigenvalue weighted by atomic mass is 9.42. The Morgan fingerprint density at radius 2 is 1.24 bits per heavy atom. The summed E-state index contributed by atoms with van der Waals surface area (Å²) < 4.78 is 5.39. The Labute approximate surface area is 151 Å². The maximum absolute atomic E-state index is 5.39. The number of hydrogen-bond donors (Lipinski definition) is 0. The Morgan fingerprint density at radius 1 is 0.760 bits per heavy atom. The Bertz CT molecular complexity index is 757. The molecular formula is C24H28O. The van der Waals surface area contributed by atoms with Crippen LogP contribution in [0.1, 0.15) is 55.2 Å². The van der Waals surface area contributed by atoms with Crippen LogP contribution in [0, 0.1) is 18.8 Å². The highest BCUT2D eigenvalue weighted by Crippen LogP contribution is 2.66. The summed E-state index contributed by atoms with van der Waals surface area (Å²) in [6.07, 6.45) is 8.40. The number of benzene rings is 2. The minimum Gasteiger partial charge on any atom is -0.497 e. The molecule has 2 aromatic rings. The van der Waals surface area contributed by atoms with Gasteiger partial charge in [0.2, 0.25) is 0 Å². The number of methoxy groups -OCH3 is 1. The van der Waals surface area contributed by atoms with Crippen LogP contribution in [-0.2, 0) is 10.8 Å². The summed E-state index contributed by atoms with van der Waals surface area (Å²) in [5.74, 6) is 2.79. The van der Waals surface area contributed by atoms with Crippen molar-refractivity contribution in [2.75, 3.05) is 7.11 Å². The minimum atomic E-state index is 0.390. The van der Waals surface area contributed by atoms with E-state index in [1.807, 2.05) is 0 Å². The van der Waals surface area contributed by atoms with Gasteiger partial charge in [-0.25, -0.2) is 0 Å². The van der Waals surface area contributed by atoms with Gasteiger partial charge in [0.1, 0.15) is 5.75 Å². The summed E-state index contributed by atoms with van der Waals surface area (Å²) in [6.45, 7) is 2.20. The van der Waals surface area contributed by atoms with Crippen LogP contribution < -0.4 is 4.74 Å². The van der Waals surface area contributed by atoms with Crippen molar-refractivity contribution in [3.63, 3.8) is 0 Å². The molecule has 1 heteroatoms. The summed E-state index contributed by atoms with van der Waals surface area (Å²) in [5, 5.41) is 0. The van der Waals surface area contributed by atoms with E-state index in [-0.39, 0.29) is 0 Å². The van der Waals surface area contributed by atoms with Crippen LogP contribution >= 0.6 is 0 Å². The van der Waals surface area contributed by atoms with Gasteiger partial charge < -0.3 is 4.74 Å². The maximum atomic E-state index is 5.39. The molecule has 0 radical (unpaired) electrons. The molecule has 2 unspecified atom stereocenters. The van der Waals surface area contributed by atoms with Crippen molar-refractivity contribution in [3.8, 4) is 5.75 Å². The van der Waals surface area contributed by atoms with E-state index in [4.69, 9.17) is 4.74 Å². The average molecular weight is 332 g/mol. The van der Waals surface area contributed by atoms with Crippen LogP contribution in [0.15, 0.2) is 48.5 Å². The van der Waals surface area contributed by atoms with E-state index in [1.165, 1.54) is 44.1 Å². The van der Waals surface area contributed by atoms with Crippen LogP contribution in [-0.4, -0.2) is 7.11 Å². The molecule has 2 aromatic carbocycles. The van der Waals surface area contributed by atoms with Gasteiger partial charge in [-0.15, -0.1) is 0 Å². The lowest BCUT2D eigenvalue weighted by molar-refractivity contribution is -0.0281. The molecular weight excluding hydrogens is 304 g/mol. The van der Waals surface area contributed by atoms with Crippen molar-refractivity contribution in [2.24, 2.45) is 11.8 Å². The van der Waals surface area contributed by atoms with E-state index >= 15 is 0 Å². The van der Waals surface area contributed by atoms with Crippen molar-refractivity contribution < 1.29 is 4.74 Å². The average Bonchev–Trinajstić information content (AvgIpc) is 2.61. The van der Waals surface area contributed by atoms with Gasteiger partial charge in [0.25, 0.3) is 0 Å². The van der Waals surface area contributed by atoms with Crippen LogP contribution in [0.3, 0.4) is 0 Å². The summed E-state index contributed by atoms with van der Waals surface area (Å²) in [7, 11) is 1.76. The molecule has 0 spiro atoms. The van der Waals surface area contributed by atoms with Crippen molar-refractivity contribution >= 4 is 0 Å². The molecule has 1 nitrogen and oxygen atoms in total. The fourth-order valence-electron chi connectivity index (χ4n) is 6.79. The molecule has 4 aliphatic carbocycles. The highest BCUT2D eigenvalue weighted by Gasteiger charge is 2.58. The summed E-state index contributed by atoms with van der Waals surface area (Å²) in [5.41, 5.74) is 5.33. The van der Waals surface area contributed by atoms with Gasteiger partial charge in [0.05, 0.1) is 7.11 Å². The van der Waals surface area contributed by atoms with Crippen molar-refractivity contribution in [1.29, 1.82) is 0 Å². The molecule has 0 aromatic heterocycles. The summed E-state index contributed by atoms with van der Waals surface area (Å²) in [4.78, 5) is 0. The maximum Gasteiger partial charge on any atom is 0.118 e. The van der Waals surface area contributed by atoms with E-state index in [2.05, 4.69) is 55.5 Å². The molecule has 0 heterocycles. The van der Waals surface area contributed by atoms with Crippen LogP contribution in [0.4, 0.5) is 0 Å². The normalized spacial score (nSPS) is 35.8. The van der Waals surface area contributed by atoms with E-state index < -0.39 is 0 Å². The third kappa shape index (κ3) is 2.35.